The lowest BCUT2D eigenvalue weighted by atomic mass is 10.1. The second-order valence-corrected chi connectivity index (χ2v) is 9.36. The number of anilines is 1. The number of nitro benzene ring substituents is 2. The van der Waals surface area contributed by atoms with E-state index in [1.54, 1.807) is 13.1 Å². The van der Waals surface area contributed by atoms with Gasteiger partial charge in [0.25, 0.3) is 5.69 Å². The summed E-state index contributed by atoms with van der Waals surface area (Å²) in [5.41, 5.74) is 5.29. The summed E-state index contributed by atoms with van der Waals surface area (Å²) in [7, 11) is 0. The number of hydrogen-bond donors (Lipinski definition) is 1. The lowest BCUT2D eigenvalue weighted by Crippen LogP contribution is -2.06. The molecule has 0 amide bonds. The monoisotopic (exact) mass is 543 g/mol. The molecule has 0 aliphatic rings. The lowest BCUT2D eigenvalue weighted by Gasteiger charge is -2.08. The molecule has 11 nitrogen and oxygen atoms in total. The fourth-order valence-electron chi connectivity index (χ4n) is 4.46. The summed E-state index contributed by atoms with van der Waals surface area (Å²) >= 11 is 0. The SMILES string of the molecule is C=C(C)C(=O)OCCCCCCn1c2ccccc2c2cc(/C=N/Nc3ccc([N+](=O)[O-])cc3[N+](=O)[O-])ccc21. The quantitative estimate of drug-likeness (QED) is 0.0491. The van der Waals surface area contributed by atoms with E-state index in [9.17, 15) is 25.0 Å². The van der Waals surface area contributed by atoms with Crippen LogP contribution in [0.1, 0.15) is 38.2 Å². The van der Waals surface area contributed by atoms with Crippen LogP contribution in [0.25, 0.3) is 21.8 Å². The smallest absolute Gasteiger partial charge is 0.333 e. The highest BCUT2D eigenvalue weighted by Gasteiger charge is 2.19. The summed E-state index contributed by atoms with van der Waals surface area (Å²) in [6, 6.07) is 17.5. The summed E-state index contributed by atoms with van der Waals surface area (Å²) in [6.45, 7) is 6.46. The van der Waals surface area contributed by atoms with E-state index in [2.05, 4.69) is 33.8 Å². The maximum absolute atomic E-state index is 11.5. The van der Waals surface area contributed by atoms with Crippen molar-refractivity contribution < 1.29 is 19.4 Å². The van der Waals surface area contributed by atoms with Gasteiger partial charge in [-0.2, -0.15) is 5.10 Å². The van der Waals surface area contributed by atoms with Crippen molar-refractivity contribution in [2.45, 2.75) is 39.2 Å². The number of nitrogens with zero attached hydrogens (tertiary/aromatic N) is 4. The zero-order valence-corrected chi connectivity index (χ0v) is 22.0. The minimum Gasteiger partial charge on any atom is -0.462 e. The third-order valence-electron chi connectivity index (χ3n) is 6.44. The molecule has 0 fully saturated rings. The molecule has 4 aromatic rings. The Kier molecular flexibility index (Phi) is 8.85. The molecule has 4 rings (SSSR count). The van der Waals surface area contributed by atoms with Gasteiger partial charge in [-0.1, -0.05) is 37.3 Å². The van der Waals surface area contributed by atoms with Crippen LogP contribution in [0.5, 0.6) is 0 Å². The maximum Gasteiger partial charge on any atom is 0.333 e. The van der Waals surface area contributed by atoms with Gasteiger partial charge in [-0.05, 0) is 56.0 Å². The van der Waals surface area contributed by atoms with E-state index < -0.39 is 15.5 Å². The molecular formula is C29H29N5O6. The van der Waals surface area contributed by atoms with Crippen LogP contribution in [0, 0.1) is 20.2 Å². The zero-order chi connectivity index (χ0) is 28.6. The molecular weight excluding hydrogens is 514 g/mol. The molecule has 0 saturated carbocycles. The van der Waals surface area contributed by atoms with Crippen LogP contribution < -0.4 is 5.43 Å². The molecule has 0 aliphatic carbocycles. The molecule has 1 heterocycles. The summed E-state index contributed by atoms with van der Waals surface area (Å²) in [5, 5.41) is 28.6. The predicted octanol–water partition coefficient (Wildman–Crippen LogP) is 6.74. The molecule has 0 aliphatic heterocycles. The molecule has 0 atom stereocenters. The highest BCUT2D eigenvalue weighted by Crippen LogP contribution is 2.31. The van der Waals surface area contributed by atoms with Gasteiger partial charge >= 0.3 is 11.7 Å². The maximum atomic E-state index is 11.5. The molecule has 1 N–H and O–H groups in total. The number of para-hydroxylation sites is 1. The Morgan fingerprint density at radius 2 is 1.73 bits per heavy atom. The largest absolute Gasteiger partial charge is 0.462 e. The topological polar surface area (TPSA) is 142 Å². The van der Waals surface area contributed by atoms with E-state index in [0.717, 1.165) is 65.7 Å². The number of hydrazone groups is 1. The Morgan fingerprint density at radius 1 is 0.975 bits per heavy atom. The van der Waals surface area contributed by atoms with Gasteiger partial charge in [0.1, 0.15) is 5.69 Å². The van der Waals surface area contributed by atoms with Crippen molar-refractivity contribution in [1.82, 2.24) is 4.57 Å². The number of non-ortho nitro benzene ring substituents is 1. The number of nitrogens with one attached hydrogen (secondary N) is 1. The molecule has 0 bridgehead atoms. The average molecular weight is 544 g/mol. The van der Waals surface area contributed by atoms with Gasteiger partial charge in [0.05, 0.1) is 28.7 Å². The van der Waals surface area contributed by atoms with Crippen LogP contribution >= 0.6 is 0 Å². The van der Waals surface area contributed by atoms with Gasteiger partial charge in [-0.3, -0.25) is 25.7 Å². The highest BCUT2D eigenvalue weighted by molar-refractivity contribution is 6.09. The van der Waals surface area contributed by atoms with Crippen molar-refractivity contribution in [2.24, 2.45) is 5.10 Å². The van der Waals surface area contributed by atoms with Gasteiger partial charge in [0.2, 0.25) is 0 Å². The molecule has 11 heteroatoms. The van der Waals surface area contributed by atoms with Crippen molar-refractivity contribution in [2.75, 3.05) is 12.0 Å². The standard InChI is InChI=1S/C29H29N5O6/c1-20(2)29(35)40-16-8-4-3-7-15-32-26-10-6-5-9-23(26)24-17-21(11-14-27(24)32)19-30-31-25-13-12-22(33(36)37)18-28(25)34(38)39/h5-6,9-14,17-19,31H,1,3-4,7-8,15-16H2,2H3/b30-19+. The Balaban J connectivity index is 1.45. The summed E-state index contributed by atoms with van der Waals surface area (Å²) in [4.78, 5) is 32.4. The Morgan fingerprint density at radius 3 is 2.48 bits per heavy atom. The first-order valence-electron chi connectivity index (χ1n) is 12.8. The Hall–Kier alpha value is -5.06. The van der Waals surface area contributed by atoms with Crippen LogP contribution in [-0.2, 0) is 16.1 Å². The molecule has 3 aromatic carbocycles. The van der Waals surface area contributed by atoms with E-state index in [0.29, 0.717) is 12.2 Å². The van der Waals surface area contributed by atoms with Crippen LogP contribution in [0.4, 0.5) is 17.1 Å². The van der Waals surface area contributed by atoms with Gasteiger partial charge < -0.3 is 9.30 Å². The van der Waals surface area contributed by atoms with E-state index in [4.69, 9.17) is 4.74 Å². The number of carbonyl (C=O) groups is 1. The van der Waals surface area contributed by atoms with Crippen LogP contribution in [-0.4, -0.2) is 33.2 Å². The molecule has 1 aromatic heterocycles. The molecule has 0 spiro atoms. The van der Waals surface area contributed by atoms with Crippen LogP contribution in [0.2, 0.25) is 0 Å². The molecule has 0 saturated heterocycles. The van der Waals surface area contributed by atoms with Crippen molar-refractivity contribution in [3.05, 3.63) is 98.6 Å². The molecule has 0 unspecified atom stereocenters. The molecule has 0 radical (unpaired) electrons. The number of benzene rings is 3. The summed E-state index contributed by atoms with van der Waals surface area (Å²) < 4.78 is 7.45. The lowest BCUT2D eigenvalue weighted by molar-refractivity contribution is -0.393. The zero-order valence-electron chi connectivity index (χ0n) is 22.0. The minimum atomic E-state index is -0.690. The second-order valence-electron chi connectivity index (χ2n) is 9.36. The summed E-state index contributed by atoms with van der Waals surface area (Å²) in [5.74, 6) is -0.349. The molecule has 40 heavy (non-hydrogen) atoms. The third kappa shape index (κ3) is 6.49. The normalized spacial score (nSPS) is 11.2. The first kappa shape index (κ1) is 28.0. The highest BCUT2D eigenvalue weighted by atomic mass is 16.6. The van der Waals surface area contributed by atoms with E-state index in [-0.39, 0.29) is 17.3 Å². The fourth-order valence-corrected chi connectivity index (χ4v) is 4.46. The predicted molar refractivity (Wildman–Crippen MR) is 155 cm³/mol. The number of rotatable bonds is 13. The van der Waals surface area contributed by atoms with E-state index in [1.807, 2.05) is 30.3 Å². The first-order valence-corrected chi connectivity index (χ1v) is 12.8. The van der Waals surface area contributed by atoms with E-state index in [1.165, 1.54) is 12.1 Å². The number of carbonyl (C=O) groups excluding carboxylic acids is 1. The van der Waals surface area contributed by atoms with Gasteiger partial charge in [-0.25, -0.2) is 4.79 Å². The minimum absolute atomic E-state index is 0.0542. The van der Waals surface area contributed by atoms with Gasteiger partial charge in [0.15, 0.2) is 0 Å². The van der Waals surface area contributed by atoms with Crippen molar-refractivity contribution in [3.8, 4) is 0 Å². The Bertz CT molecular complexity index is 1620. The number of ether oxygens (including phenoxy) is 1. The Labute approximate surface area is 230 Å². The second kappa shape index (κ2) is 12.7. The van der Waals surface area contributed by atoms with E-state index >= 15 is 0 Å². The van der Waals surface area contributed by atoms with Gasteiger partial charge in [0, 0.05) is 40.0 Å². The van der Waals surface area contributed by atoms with Gasteiger partial charge in [-0.15, -0.1) is 0 Å². The summed E-state index contributed by atoms with van der Waals surface area (Å²) in [6.07, 6.45) is 5.30. The van der Waals surface area contributed by atoms with Crippen molar-refractivity contribution in [1.29, 1.82) is 0 Å². The number of nitro groups is 2. The number of unbranched alkanes of at least 4 members (excludes halogenated alkanes) is 3. The van der Waals surface area contributed by atoms with Crippen LogP contribution in [0.3, 0.4) is 0 Å². The fraction of sp³-hybridized carbons (Fsp3) is 0.241. The van der Waals surface area contributed by atoms with Crippen LogP contribution in [0.15, 0.2) is 77.9 Å². The number of aryl methyl sites for hydroxylation is 1. The van der Waals surface area contributed by atoms with Crippen molar-refractivity contribution in [3.63, 3.8) is 0 Å². The average Bonchev–Trinajstić information content (AvgIpc) is 3.25. The van der Waals surface area contributed by atoms with Crippen molar-refractivity contribution >= 4 is 51.1 Å². The number of fused-ring (bicyclic) bond motifs is 3. The molecule has 206 valence electrons. The third-order valence-corrected chi connectivity index (χ3v) is 6.44. The number of hydrogen-bond acceptors (Lipinski definition) is 8. The number of esters is 1. The number of aromatic nitrogens is 1. The first-order chi connectivity index (χ1) is 19.3.